The lowest BCUT2D eigenvalue weighted by atomic mass is 10.2. The van der Waals surface area contributed by atoms with Gasteiger partial charge in [0.25, 0.3) is 10.0 Å². The van der Waals surface area contributed by atoms with Crippen molar-refractivity contribution in [2.45, 2.75) is 24.6 Å². The summed E-state index contributed by atoms with van der Waals surface area (Å²) < 4.78 is 27.1. The summed E-state index contributed by atoms with van der Waals surface area (Å²) in [7, 11) is -3.60. The molecular formula is C11H12ClN3O2S2. The molecule has 2 aromatic rings. The zero-order valence-electron chi connectivity index (χ0n) is 10.3. The summed E-state index contributed by atoms with van der Waals surface area (Å²) in [4.78, 5) is 8.04. The Morgan fingerprint density at radius 3 is 2.74 bits per heavy atom. The topological polar surface area (TPSA) is 72.0 Å². The monoisotopic (exact) mass is 317 g/mol. The molecule has 2 heterocycles. The van der Waals surface area contributed by atoms with Crippen LogP contribution < -0.4 is 4.72 Å². The van der Waals surface area contributed by atoms with Crippen LogP contribution in [0.5, 0.6) is 0 Å². The summed E-state index contributed by atoms with van der Waals surface area (Å²) in [5.74, 6) is 0. The number of halogens is 1. The predicted octanol–water partition coefficient (Wildman–Crippen LogP) is 2.29. The second-order valence-electron chi connectivity index (χ2n) is 3.93. The van der Waals surface area contributed by atoms with E-state index in [2.05, 4.69) is 14.7 Å². The minimum absolute atomic E-state index is 0.143. The van der Waals surface area contributed by atoms with Crippen LogP contribution in [0.2, 0.25) is 4.47 Å². The second-order valence-corrected chi connectivity index (χ2v) is 7.47. The van der Waals surface area contributed by atoms with Crippen molar-refractivity contribution >= 4 is 33.0 Å². The maximum Gasteiger partial charge on any atom is 0.252 e. The first kappa shape index (κ1) is 14.4. The van der Waals surface area contributed by atoms with Crippen LogP contribution >= 0.6 is 22.9 Å². The zero-order chi connectivity index (χ0) is 14.0. The molecule has 102 valence electrons. The van der Waals surface area contributed by atoms with Crippen LogP contribution in [-0.4, -0.2) is 18.4 Å². The van der Waals surface area contributed by atoms with E-state index < -0.39 is 10.0 Å². The van der Waals surface area contributed by atoms with Gasteiger partial charge in [0, 0.05) is 6.20 Å². The van der Waals surface area contributed by atoms with Gasteiger partial charge in [-0.2, -0.15) is 0 Å². The van der Waals surface area contributed by atoms with Crippen LogP contribution in [-0.2, 0) is 16.6 Å². The maximum atomic E-state index is 12.1. The van der Waals surface area contributed by atoms with Crippen molar-refractivity contribution < 1.29 is 8.42 Å². The number of nitrogens with zero attached hydrogens (tertiary/aromatic N) is 2. The number of aromatic nitrogens is 2. The van der Waals surface area contributed by atoms with Crippen LogP contribution in [0.3, 0.4) is 0 Å². The molecule has 19 heavy (non-hydrogen) atoms. The van der Waals surface area contributed by atoms with Crippen LogP contribution in [0.15, 0.2) is 22.5 Å². The van der Waals surface area contributed by atoms with E-state index in [1.807, 2.05) is 13.0 Å². The van der Waals surface area contributed by atoms with E-state index in [1.54, 1.807) is 19.2 Å². The Labute approximate surface area is 120 Å². The molecule has 2 rings (SSSR count). The molecule has 0 atom stereocenters. The Balaban J connectivity index is 2.19. The molecule has 0 amide bonds. The van der Waals surface area contributed by atoms with Crippen LogP contribution in [0.1, 0.15) is 17.0 Å². The molecule has 0 saturated heterocycles. The van der Waals surface area contributed by atoms with E-state index in [1.165, 1.54) is 0 Å². The van der Waals surface area contributed by atoms with Crippen LogP contribution in [0.25, 0.3) is 0 Å². The van der Waals surface area contributed by atoms with Gasteiger partial charge in [-0.15, -0.1) is 0 Å². The lowest BCUT2D eigenvalue weighted by molar-refractivity contribution is 0.581. The molecule has 0 aliphatic carbocycles. The van der Waals surface area contributed by atoms with E-state index in [4.69, 9.17) is 11.6 Å². The van der Waals surface area contributed by atoms with Crippen LogP contribution in [0.4, 0.5) is 0 Å². The number of rotatable bonds is 4. The Hall–Kier alpha value is -1.02. The molecule has 8 heteroatoms. The summed E-state index contributed by atoms with van der Waals surface area (Å²) in [5, 5.41) is 0. The fourth-order valence-corrected chi connectivity index (χ4v) is 4.30. The van der Waals surface area contributed by atoms with Gasteiger partial charge in [0.1, 0.15) is 0 Å². The van der Waals surface area contributed by atoms with Gasteiger partial charge in [-0.25, -0.2) is 18.1 Å². The summed E-state index contributed by atoms with van der Waals surface area (Å²) in [5.41, 5.74) is 2.03. The Bertz CT molecular complexity index is 698. The summed E-state index contributed by atoms with van der Waals surface area (Å²) in [6.45, 7) is 3.64. The second kappa shape index (κ2) is 5.54. The first-order chi connectivity index (χ1) is 8.90. The van der Waals surface area contributed by atoms with E-state index in [0.717, 1.165) is 16.9 Å². The average Bonchev–Trinajstić information content (AvgIpc) is 2.68. The molecule has 0 aliphatic rings. The smallest absolute Gasteiger partial charge is 0.252 e. The summed E-state index contributed by atoms with van der Waals surface area (Å²) in [6.07, 6.45) is 1.63. The molecule has 0 spiro atoms. The van der Waals surface area contributed by atoms with Crippen LogP contribution in [0, 0.1) is 13.8 Å². The van der Waals surface area contributed by atoms with Crippen molar-refractivity contribution in [1.29, 1.82) is 0 Å². The van der Waals surface area contributed by atoms with E-state index in [0.29, 0.717) is 11.4 Å². The third kappa shape index (κ3) is 3.30. The third-order valence-electron chi connectivity index (χ3n) is 2.52. The SMILES string of the molecule is Cc1cccnc1CNS(=O)(=O)c1sc(Cl)nc1C. The highest BCUT2D eigenvalue weighted by atomic mass is 35.5. The molecule has 0 aliphatic heterocycles. The minimum atomic E-state index is -3.60. The van der Waals surface area contributed by atoms with Gasteiger partial charge >= 0.3 is 0 Å². The minimum Gasteiger partial charge on any atom is -0.260 e. The van der Waals surface area contributed by atoms with Crippen molar-refractivity contribution in [1.82, 2.24) is 14.7 Å². The van der Waals surface area contributed by atoms with Crippen molar-refractivity contribution in [3.63, 3.8) is 0 Å². The fraction of sp³-hybridized carbons (Fsp3) is 0.273. The number of hydrogen-bond acceptors (Lipinski definition) is 5. The Morgan fingerprint density at radius 2 is 2.16 bits per heavy atom. The lowest BCUT2D eigenvalue weighted by Gasteiger charge is -2.06. The normalized spacial score (nSPS) is 11.7. The molecule has 0 saturated carbocycles. The summed E-state index contributed by atoms with van der Waals surface area (Å²) in [6, 6.07) is 3.69. The molecular weight excluding hydrogens is 306 g/mol. The van der Waals surface area contributed by atoms with E-state index >= 15 is 0 Å². The third-order valence-corrected chi connectivity index (χ3v) is 5.79. The van der Waals surface area contributed by atoms with Gasteiger partial charge in [0.05, 0.1) is 17.9 Å². The Kier molecular flexibility index (Phi) is 4.19. The standard InChI is InChI=1S/C11H12ClN3O2S2/c1-7-4-3-5-13-9(7)6-14-19(16,17)10-8(2)15-11(12)18-10/h3-5,14H,6H2,1-2H3. The predicted molar refractivity (Wildman–Crippen MR) is 74.9 cm³/mol. The largest absolute Gasteiger partial charge is 0.260 e. The number of sulfonamides is 1. The molecule has 1 N–H and O–H groups in total. The number of aryl methyl sites for hydroxylation is 2. The van der Waals surface area contributed by atoms with Gasteiger partial charge in [-0.1, -0.05) is 29.0 Å². The first-order valence-corrected chi connectivity index (χ1v) is 8.11. The highest BCUT2D eigenvalue weighted by molar-refractivity contribution is 7.91. The average molecular weight is 318 g/mol. The summed E-state index contributed by atoms with van der Waals surface area (Å²) >= 11 is 6.66. The number of thiazole rings is 1. The zero-order valence-corrected chi connectivity index (χ0v) is 12.7. The first-order valence-electron chi connectivity index (χ1n) is 5.43. The molecule has 0 unspecified atom stereocenters. The highest BCUT2D eigenvalue weighted by Crippen LogP contribution is 2.26. The fourth-order valence-electron chi connectivity index (χ4n) is 1.53. The maximum absolute atomic E-state index is 12.1. The molecule has 2 aromatic heterocycles. The van der Waals surface area contributed by atoms with E-state index in [-0.39, 0.29) is 15.2 Å². The van der Waals surface area contributed by atoms with Gasteiger partial charge < -0.3 is 0 Å². The van der Waals surface area contributed by atoms with Gasteiger partial charge in [-0.3, -0.25) is 4.98 Å². The molecule has 0 fully saturated rings. The Morgan fingerprint density at radius 1 is 1.42 bits per heavy atom. The van der Waals surface area contributed by atoms with Crippen molar-refractivity contribution in [3.8, 4) is 0 Å². The molecule has 5 nitrogen and oxygen atoms in total. The quantitative estimate of drug-likeness (QED) is 0.939. The number of pyridine rings is 1. The van der Waals surface area contributed by atoms with Crippen molar-refractivity contribution in [2.24, 2.45) is 0 Å². The van der Waals surface area contributed by atoms with E-state index in [9.17, 15) is 8.42 Å². The molecule has 0 aromatic carbocycles. The molecule has 0 bridgehead atoms. The van der Waals surface area contributed by atoms with Gasteiger partial charge in [0.15, 0.2) is 8.68 Å². The number of nitrogens with one attached hydrogen (secondary N) is 1. The highest BCUT2D eigenvalue weighted by Gasteiger charge is 2.21. The van der Waals surface area contributed by atoms with Gasteiger partial charge in [0.2, 0.25) is 0 Å². The van der Waals surface area contributed by atoms with Crippen molar-refractivity contribution in [3.05, 3.63) is 39.7 Å². The number of hydrogen-bond donors (Lipinski definition) is 1. The lowest BCUT2D eigenvalue weighted by Crippen LogP contribution is -2.24. The van der Waals surface area contributed by atoms with Gasteiger partial charge in [-0.05, 0) is 25.5 Å². The van der Waals surface area contributed by atoms with Crippen molar-refractivity contribution in [2.75, 3.05) is 0 Å². The molecule has 0 radical (unpaired) electrons.